The van der Waals surface area contributed by atoms with Gasteiger partial charge in [-0.25, -0.2) is 13.2 Å². The summed E-state index contributed by atoms with van der Waals surface area (Å²) in [7, 11) is -1.67. The van der Waals surface area contributed by atoms with Crippen LogP contribution in [0.4, 0.5) is 4.79 Å². The Labute approximate surface area is 123 Å². The highest BCUT2D eigenvalue weighted by Crippen LogP contribution is 2.23. The molecular weight excluding hydrogens is 300 g/mol. The maximum atomic E-state index is 12.2. The lowest BCUT2D eigenvalue weighted by Crippen LogP contribution is -2.58. The zero-order valence-electron chi connectivity index (χ0n) is 11.8. The number of sulfone groups is 1. The molecule has 1 saturated carbocycles. The zero-order chi connectivity index (χ0) is 15.6. The number of nitrogens with zero attached hydrogens (tertiary/aromatic N) is 1. The van der Waals surface area contributed by atoms with Crippen molar-refractivity contribution in [1.29, 1.82) is 0 Å². The lowest BCUT2D eigenvalue weighted by molar-refractivity contribution is -0.138. The molecular formula is C12H20N2O6S. The number of aliphatic carboxylic acids is 1. The monoisotopic (exact) mass is 320 g/mol. The number of carboxylic acids is 1. The van der Waals surface area contributed by atoms with E-state index < -0.39 is 27.9 Å². The van der Waals surface area contributed by atoms with E-state index in [1.165, 1.54) is 4.90 Å². The summed E-state index contributed by atoms with van der Waals surface area (Å²) in [5, 5.41) is 11.7. The average molecular weight is 320 g/mol. The predicted octanol–water partition coefficient (Wildman–Crippen LogP) is -0.553. The van der Waals surface area contributed by atoms with E-state index in [2.05, 4.69) is 5.32 Å². The highest BCUT2D eigenvalue weighted by atomic mass is 32.2. The molecule has 2 N–H and O–H groups in total. The minimum atomic E-state index is -3.28. The molecule has 2 amide bonds. The second-order valence-electron chi connectivity index (χ2n) is 5.53. The van der Waals surface area contributed by atoms with Crippen molar-refractivity contribution in [2.24, 2.45) is 0 Å². The van der Waals surface area contributed by atoms with Gasteiger partial charge >= 0.3 is 12.0 Å². The molecule has 1 saturated heterocycles. The smallest absolute Gasteiger partial charge is 0.317 e. The van der Waals surface area contributed by atoms with Crippen molar-refractivity contribution in [3.05, 3.63) is 0 Å². The first kappa shape index (κ1) is 16.0. The minimum absolute atomic E-state index is 0.00598. The Morgan fingerprint density at radius 1 is 1.38 bits per heavy atom. The van der Waals surface area contributed by atoms with Crippen molar-refractivity contribution in [2.75, 3.05) is 25.2 Å². The summed E-state index contributed by atoms with van der Waals surface area (Å²) in [5.41, 5.74) is 0. The second-order valence-corrected chi connectivity index (χ2v) is 7.76. The van der Waals surface area contributed by atoms with Crippen molar-refractivity contribution in [1.82, 2.24) is 10.2 Å². The van der Waals surface area contributed by atoms with Gasteiger partial charge in [0.1, 0.15) is 0 Å². The summed E-state index contributed by atoms with van der Waals surface area (Å²) >= 11 is 0. The van der Waals surface area contributed by atoms with E-state index in [0.717, 1.165) is 12.8 Å². The second kappa shape index (κ2) is 6.18. The number of urea groups is 1. The van der Waals surface area contributed by atoms with Crippen LogP contribution in [0.3, 0.4) is 0 Å². The molecule has 0 aromatic heterocycles. The number of carboxylic acid groups (broad SMARTS) is 1. The number of hydrogen-bond donors (Lipinski definition) is 2. The highest BCUT2D eigenvalue weighted by molar-refractivity contribution is 7.91. The van der Waals surface area contributed by atoms with Crippen LogP contribution in [-0.2, 0) is 19.4 Å². The van der Waals surface area contributed by atoms with Crippen LogP contribution in [0.15, 0.2) is 0 Å². The fourth-order valence-corrected chi connectivity index (χ4v) is 4.18. The lowest BCUT2D eigenvalue weighted by Gasteiger charge is -2.39. The summed E-state index contributed by atoms with van der Waals surface area (Å²) in [6, 6.07) is -1.19. The van der Waals surface area contributed by atoms with Crippen LogP contribution in [0, 0.1) is 0 Å². The molecule has 1 unspecified atom stereocenters. The standard InChI is InChI=1S/C12H20N2O6S/c1-20-10-4-8(5-10)13-12(17)14-2-3-21(18,19)7-9(14)6-11(15)16/h8-10H,2-7H2,1H3,(H,13,17)(H,15,16). The molecule has 0 bridgehead atoms. The number of rotatable bonds is 4. The number of carbonyl (C=O) groups is 2. The van der Waals surface area contributed by atoms with E-state index in [0.29, 0.717) is 0 Å². The predicted molar refractivity (Wildman–Crippen MR) is 73.8 cm³/mol. The van der Waals surface area contributed by atoms with Gasteiger partial charge < -0.3 is 20.1 Å². The van der Waals surface area contributed by atoms with Gasteiger partial charge in [0, 0.05) is 19.7 Å². The third-order valence-corrected chi connectivity index (χ3v) is 5.65. The van der Waals surface area contributed by atoms with Gasteiger partial charge in [0.25, 0.3) is 0 Å². The van der Waals surface area contributed by atoms with Crippen LogP contribution in [0.25, 0.3) is 0 Å². The molecule has 2 aliphatic rings. The van der Waals surface area contributed by atoms with Crippen molar-refractivity contribution in [3.8, 4) is 0 Å². The summed E-state index contributed by atoms with van der Waals surface area (Å²) in [6.07, 6.45) is 1.22. The molecule has 9 heteroatoms. The van der Waals surface area contributed by atoms with Crippen molar-refractivity contribution >= 4 is 21.8 Å². The fraction of sp³-hybridized carbons (Fsp3) is 0.833. The zero-order valence-corrected chi connectivity index (χ0v) is 12.6. The summed E-state index contributed by atoms with van der Waals surface area (Å²) in [5.74, 6) is -1.53. The van der Waals surface area contributed by atoms with Gasteiger partial charge in [-0.05, 0) is 12.8 Å². The molecule has 8 nitrogen and oxygen atoms in total. The van der Waals surface area contributed by atoms with E-state index in [-0.39, 0.29) is 36.6 Å². The number of nitrogens with one attached hydrogen (secondary N) is 1. The van der Waals surface area contributed by atoms with E-state index >= 15 is 0 Å². The van der Waals surface area contributed by atoms with Gasteiger partial charge in [-0.3, -0.25) is 4.79 Å². The van der Waals surface area contributed by atoms with Gasteiger partial charge in [0.2, 0.25) is 0 Å². The van der Waals surface area contributed by atoms with E-state index in [1.54, 1.807) is 7.11 Å². The lowest BCUT2D eigenvalue weighted by atomic mass is 9.89. The molecule has 1 aliphatic carbocycles. The number of hydrogen-bond acceptors (Lipinski definition) is 5. The molecule has 1 aliphatic heterocycles. The maximum absolute atomic E-state index is 12.2. The van der Waals surface area contributed by atoms with Crippen molar-refractivity contribution < 1.29 is 27.9 Å². The molecule has 2 rings (SSSR count). The van der Waals surface area contributed by atoms with Crippen LogP contribution < -0.4 is 5.32 Å². The number of amides is 2. The largest absolute Gasteiger partial charge is 0.481 e. The van der Waals surface area contributed by atoms with Gasteiger partial charge in [-0.15, -0.1) is 0 Å². The van der Waals surface area contributed by atoms with E-state index in [9.17, 15) is 18.0 Å². The summed E-state index contributed by atoms with van der Waals surface area (Å²) < 4.78 is 28.4. The summed E-state index contributed by atoms with van der Waals surface area (Å²) in [6.45, 7) is 0.0343. The van der Waals surface area contributed by atoms with Crippen molar-refractivity contribution in [3.63, 3.8) is 0 Å². The third-order valence-electron chi connectivity index (χ3n) is 3.96. The SMILES string of the molecule is COC1CC(NC(=O)N2CCS(=O)(=O)CC2CC(=O)O)C1. The van der Waals surface area contributed by atoms with E-state index in [1.807, 2.05) is 0 Å². The Morgan fingerprint density at radius 3 is 2.62 bits per heavy atom. The van der Waals surface area contributed by atoms with Gasteiger partial charge in [0.15, 0.2) is 9.84 Å². The Kier molecular flexibility index (Phi) is 4.72. The van der Waals surface area contributed by atoms with Crippen molar-refractivity contribution in [2.45, 2.75) is 37.5 Å². The van der Waals surface area contributed by atoms with Gasteiger partial charge in [0.05, 0.1) is 30.1 Å². The summed E-state index contributed by atoms with van der Waals surface area (Å²) in [4.78, 5) is 24.4. The highest BCUT2D eigenvalue weighted by Gasteiger charge is 2.37. The number of methoxy groups -OCH3 is 1. The third kappa shape index (κ3) is 4.07. The normalized spacial score (nSPS) is 31.3. The molecule has 1 heterocycles. The first-order valence-electron chi connectivity index (χ1n) is 6.83. The molecule has 0 aromatic carbocycles. The first-order valence-corrected chi connectivity index (χ1v) is 8.65. The quantitative estimate of drug-likeness (QED) is 0.718. The van der Waals surface area contributed by atoms with Crippen LogP contribution in [-0.4, -0.2) is 73.8 Å². The Hall–Kier alpha value is -1.35. The Morgan fingerprint density at radius 2 is 2.05 bits per heavy atom. The average Bonchev–Trinajstić information content (AvgIpc) is 2.31. The van der Waals surface area contributed by atoms with Gasteiger partial charge in [-0.1, -0.05) is 0 Å². The molecule has 2 fully saturated rings. The van der Waals surface area contributed by atoms with Crippen LogP contribution in [0.5, 0.6) is 0 Å². The van der Waals surface area contributed by atoms with Crippen LogP contribution in [0.2, 0.25) is 0 Å². The molecule has 0 radical (unpaired) electrons. The van der Waals surface area contributed by atoms with Crippen LogP contribution >= 0.6 is 0 Å². The number of ether oxygens (including phenoxy) is 1. The van der Waals surface area contributed by atoms with Crippen LogP contribution in [0.1, 0.15) is 19.3 Å². The van der Waals surface area contributed by atoms with Gasteiger partial charge in [-0.2, -0.15) is 0 Å². The molecule has 120 valence electrons. The fourth-order valence-electron chi connectivity index (χ4n) is 2.66. The molecule has 0 spiro atoms. The molecule has 0 aromatic rings. The van der Waals surface area contributed by atoms with E-state index in [4.69, 9.17) is 9.84 Å². The molecule has 1 atom stereocenters. The first-order chi connectivity index (χ1) is 9.80. The maximum Gasteiger partial charge on any atom is 0.317 e. The minimum Gasteiger partial charge on any atom is -0.481 e. The Balaban J connectivity index is 1.95. The molecule has 21 heavy (non-hydrogen) atoms. The Bertz CT molecular complexity index is 514. The number of carbonyl (C=O) groups excluding carboxylic acids is 1. The topological polar surface area (TPSA) is 113 Å².